The molecule has 0 spiro atoms. The lowest BCUT2D eigenvalue weighted by Crippen LogP contribution is -2.75. The number of carbonyl (C=O) groups excluding carboxylic acids is 2. The first kappa shape index (κ1) is 42.6. The van der Waals surface area contributed by atoms with Crippen LogP contribution in [0.4, 0.5) is 0 Å². The van der Waals surface area contributed by atoms with Gasteiger partial charge in [-0.25, -0.2) is 4.79 Å². The van der Waals surface area contributed by atoms with Crippen LogP contribution < -0.4 is 4.74 Å². The molecule has 2 bridgehead atoms. The minimum absolute atomic E-state index is 0.00549. The third kappa shape index (κ3) is 6.98. The first-order valence-corrected chi connectivity index (χ1v) is 25.3. The van der Waals surface area contributed by atoms with Gasteiger partial charge < -0.3 is 33.5 Å². The summed E-state index contributed by atoms with van der Waals surface area (Å²) in [5.41, 5.74) is -0.246. The summed E-state index contributed by atoms with van der Waals surface area (Å²) in [7, 11) is 1.64. The average molecular weight is 883 g/mol. The van der Waals surface area contributed by atoms with Gasteiger partial charge in [-0.2, -0.15) is 0 Å². The van der Waals surface area contributed by atoms with Gasteiger partial charge in [-0.05, 0) is 66.5 Å². The number of benzene rings is 2. The van der Waals surface area contributed by atoms with Crippen LogP contribution in [0, 0.1) is 28.1 Å². The molecule has 2 saturated carbocycles. The number of methoxy groups -OCH3 is 1. The Morgan fingerprint density at radius 3 is 2.12 bits per heavy atom. The van der Waals surface area contributed by atoms with E-state index < -0.39 is 52.7 Å². The summed E-state index contributed by atoms with van der Waals surface area (Å²) in [5, 5.41) is 13.7. The van der Waals surface area contributed by atoms with E-state index in [-0.39, 0.29) is 51.2 Å². The molecule has 0 radical (unpaired) electrons. The average Bonchev–Trinajstić information content (AvgIpc) is 4.03. The molecule has 9 rings (SSSR count). The molecule has 6 fully saturated rings. The molecule has 2 aromatic carbocycles. The largest absolute Gasteiger partial charge is 0.497 e. The summed E-state index contributed by atoms with van der Waals surface area (Å²) >= 11 is 7.01. The summed E-state index contributed by atoms with van der Waals surface area (Å²) in [6.07, 6.45) is -2.15. The van der Waals surface area contributed by atoms with Crippen molar-refractivity contribution in [3.63, 3.8) is 0 Å². The molecule has 320 valence electrons. The Labute approximate surface area is 365 Å². The second-order valence-electron chi connectivity index (χ2n) is 18.5. The van der Waals surface area contributed by atoms with Crippen molar-refractivity contribution in [1.29, 1.82) is 0 Å². The van der Waals surface area contributed by atoms with E-state index in [1.165, 1.54) is 0 Å². The van der Waals surface area contributed by atoms with E-state index in [0.717, 1.165) is 51.0 Å². The fourth-order valence-corrected chi connectivity index (χ4v) is 17.1. The van der Waals surface area contributed by atoms with Crippen LogP contribution in [0.1, 0.15) is 84.0 Å². The van der Waals surface area contributed by atoms with Crippen molar-refractivity contribution in [1.82, 2.24) is 0 Å². The second-order valence-corrected chi connectivity index (χ2v) is 23.8. The Morgan fingerprint density at radius 2 is 1.51 bits per heavy atom. The van der Waals surface area contributed by atoms with Crippen LogP contribution in [0.5, 0.6) is 5.75 Å². The number of ketones is 1. The smallest absolute Gasteiger partial charge is 0.336 e. The zero-order chi connectivity index (χ0) is 41.5. The number of esters is 1. The summed E-state index contributed by atoms with van der Waals surface area (Å²) in [4.78, 5) is 30.8. The number of aliphatic hydroxyl groups is 1. The maximum Gasteiger partial charge on any atom is 0.336 e. The molecule has 1 N–H and O–H groups in total. The van der Waals surface area contributed by atoms with Crippen molar-refractivity contribution in [3.8, 4) is 5.75 Å². The maximum atomic E-state index is 16.0. The number of carbonyl (C=O) groups is 2. The van der Waals surface area contributed by atoms with Crippen molar-refractivity contribution in [3.05, 3.63) is 76.9 Å². The molecule has 3 aliphatic carbocycles. The van der Waals surface area contributed by atoms with Crippen LogP contribution in [0.25, 0.3) is 0 Å². The molecule has 0 aromatic heterocycles. The fraction of sp³-hybridized carbons (Fsp3) is 0.652. The van der Waals surface area contributed by atoms with Gasteiger partial charge in [-0.15, -0.1) is 47.0 Å². The van der Waals surface area contributed by atoms with E-state index in [9.17, 15) is 9.90 Å². The maximum absolute atomic E-state index is 16.0. The highest BCUT2D eigenvalue weighted by Crippen LogP contribution is 2.68. The van der Waals surface area contributed by atoms with E-state index in [0.29, 0.717) is 19.4 Å². The summed E-state index contributed by atoms with van der Waals surface area (Å²) in [6, 6.07) is 17.8. The number of Topliss-reactive ketones (excluding diaryl/α,β-unsaturated/α-hetero) is 1. The van der Waals surface area contributed by atoms with Crippen molar-refractivity contribution < 1.29 is 43.1 Å². The monoisotopic (exact) mass is 882 g/mol. The molecule has 0 unspecified atom stereocenters. The fourth-order valence-electron chi connectivity index (χ4n) is 12.1. The SMILES string of the molecule is COc1ccc([C@@H]2C[C@@H](c3ccccc3)[C@H](C(=O)O[C@H]3C[C@@]4(O)[C@@H](C)[C@@H]5[C@]6(C)CO[C@@H]6C[C@H](OC6SCCS6)[C@@]5(C)C(=O)[C@H](OC5SCCS5)C(=C3C)C4(C)C)O2)cc1. The van der Waals surface area contributed by atoms with Crippen molar-refractivity contribution in [2.75, 3.05) is 36.7 Å². The van der Waals surface area contributed by atoms with E-state index >= 15 is 4.79 Å². The van der Waals surface area contributed by atoms with Gasteiger partial charge in [0.2, 0.25) is 0 Å². The van der Waals surface area contributed by atoms with Gasteiger partial charge in [0.1, 0.15) is 22.7 Å². The van der Waals surface area contributed by atoms with E-state index in [1.807, 2.05) is 61.5 Å². The minimum Gasteiger partial charge on any atom is -0.497 e. The normalized spacial score (nSPS) is 40.8. The predicted molar refractivity (Wildman–Crippen MR) is 236 cm³/mol. The summed E-state index contributed by atoms with van der Waals surface area (Å²) in [5.74, 6) is 3.18. The van der Waals surface area contributed by atoms with Crippen LogP contribution >= 0.6 is 47.0 Å². The van der Waals surface area contributed by atoms with Crippen LogP contribution in [0.15, 0.2) is 65.7 Å². The van der Waals surface area contributed by atoms with Crippen LogP contribution in [-0.4, -0.2) is 99.2 Å². The van der Waals surface area contributed by atoms with Gasteiger partial charge in [0.15, 0.2) is 16.7 Å². The summed E-state index contributed by atoms with van der Waals surface area (Å²) in [6.45, 7) is 13.1. The molecule has 7 aliphatic rings. The highest BCUT2D eigenvalue weighted by molar-refractivity contribution is 8.20. The predicted octanol–water partition coefficient (Wildman–Crippen LogP) is 8.65. The molecule has 13 heteroatoms. The number of hydrogen-bond donors (Lipinski definition) is 1. The van der Waals surface area contributed by atoms with Crippen LogP contribution in [0.3, 0.4) is 0 Å². The molecule has 59 heavy (non-hydrogen) atoms. The van der Waals surface area contributed by atoms with Crippen molar-refractivity contribution in [2.24, 2.45) is 28.1 Å². The van der Waals surface area contributed by atoms with Crippen molar-refractivity contribution >= 4 is 58.8 Å². The van der Waals surface area contributed by atoms with E-state index in [1.54, 1.807) is 54.2 Å². The first-order chi connectivity index (χ1) is 28.2. The molecule has 4 aliphatic heterocycles. The quantitative estimate of drug-likeness (QED) is 0.192. The standard InChI is InChI=1S/C46H58O9S4/c1-25-32(53-40(48)36-30(27-11-9-8-10-12-27)21-31(52-36)28-13-15-29(50-7)16-14-28)23-46(49)26(2)38-44(5)24-51-33(44)22-34(54-41-56-17-18-57-41)45(38,6)39(47)37(35(25)43(46,3)4)55-42-58-19-20-59-42/h8-16,26,30-34,36-38,41-42,49H,17-24H2,1-7H3/t26-,30-,31-,32-,33+,34-,36+,37+,38+,44+,45+,46+/m0/s1. The van der Waals surface area contributed by atoms with Gasteiger partial charge >= 0.3 is 5.97 Å². The van der Waals surface area contributed by atoms with Crippen molar-refractivity contribution in [2.45, 2.75) is 118 Å². The molecule has 4 saturated heterocycles. The lowest BCUT2D eigenvalue weighted by Gasteiger charge is -2.69. The molecular formula is C46H58O9S4. The van der Waals surface area contributed by atoms with Gasteiger partial charge in [-0.1, -0.05) is 70.2 Å². The number of rotatable bonds is 9. The molecule has 2 aromatic rings. The van der Waals surface area contributed by atoms with Gasteiger partial charge in [0.25, 0.3) is 0 Å². The molecular weight excluding hydrogens is 825 g/mol. The topological polar surface area (TPSA) is 110 Å². The minimum atomic E-state index is -1.40. The van der Waals surface area contributed by atoms with E-state index in [4.69, 9.17) is 28.4 Å². The highest BCUT2D eigenvalue weighted by Gasteiger charge is 2.74. The van der Waals surface area contributed by atoms with Gasteiger partial charge in [-0.3, -0.25) is 4.79 Å². The number of thioether (sulfide) groups is 4. The Hall–Kier alpha value is -1.68. The lowest BCUT2D eigenvalue weighted by molar-refractivity contribution is -0.306. The van der Waals surface area contributed by atoms with Crippen LogP contribution in [-0.2, 0) is 33.3 Å². The van der Waals surface area contributed by atoms with Gasteiger partial charge in [0.05, 0.1) is 43.0 Å². The third-order valence-corrected chi connectivity index (χ3v) is 20.7. The van der Waals surface area contributed by atoms with E-state index in [2.05, 4.69) is 34.6 Å². The Bertz CT molecular complexity index is 1930. The molecule has 9 nitrogen and oxygen atoms in total. The number of hydrogen-bond acceptors (Lipinski definition) is 13. The highest BCUT2D eigenvalue weighted by atomic mass is 32.2. The Morgan fingerprint density at radius 1 is 0.864 bits per heavy atom. The summed E-state index contributed by atoms with van der Waals surface area (Å²) < 4.78 is 38.8. The molecule has 4 heterocycles. The molecule has 12 atom stereocenters. The zero-order valence-electron chi connectivity index (χ0n) is 35.1. The zero-order valence-corrected chi connectivity index (χ0v) is 38.3. The lowest BCUT2D eigenvalue weighted by atomic mass is 9.40. The molecule has 0 amide bonds. The van der Waals surface area contributed by atoms with Gasteiger partial charge in [0, 0.05) is 52.6 Å². The second kappa shape index (κ2) is 16.1. The number of fused-ring (bicyclic) bond motifs is 5. The number of ether oxygens (including phenoxy) is 6. The Kier molecular flexibility index (Phi) is 11.7. The Balaban J connectivity index is 1.12. The third-order valence-electron chi connectivity index (χ3n) is 15.3. The van der Waals surface area contributed by atoms with Crippen LogP contribution in [0.2, 0.25) is 0 Å². The first-order valence-electron chi connectivity index (χ1n) is 21.1.